The van der Waals surface area contributed by atoms with E-state index in [1.165, 1.54) is 0 Å². The quantitative estimate of drug-likeness (QED) is 0.684. The number of nitrogens with one attached hydrogen (secondary N) is 1. The third-order valence-corrected chi connectivity index (χ3v) is 6.14. The van der Waals surface area contributed by atoms with Gasteiger partial charge in [0, 0.05) is 34.5 Å². The van der Waals surface area contributed by atoms with Crippen molar-refractivity contribution in [1.82, 2.24) is 14.9 Å². The second-order valence-electron chi connectivity index (χ2n) is 7.49. The number of nitrogens with zero attached hydrogens (tertiary/aromatic N) is 2. The van der Waals surface area contributed by atoms with Gasteiger partial charge in [0.05, 0.1) is 16.3 Å². The van der Waals surface area contributed by atoms with Crippen LogP contribution < -0.4 is 10.2 Å². The lowest BCUT2D eigenvalue weighted by molar-refractivity contribution is 0.285. The fraction of sp³-hybridized carbons (Fsp3) is 0.333. The first kappa shape index (κ1) is 14.4. The van der Waals surface area contributed by atoms with Crippen LogP contribution in [-0.4, -0.2) is 15.5 Å². The first-order valence-electron chi connectivity index (χ1n) is 10.2. The predicted octanol–water partition coefficient (Wildman–Crippen LogP) is 3.83. The smallest absolute Gasteiger partial charge is 0.307 e. The molecule has 1 fully saturated rings. The Hall–Kier alpha value is -2.69. The summed E-state index contributed by atoms with van der Waals surface area (Å²) >= 11 is 0.918. The number of benzene rings is 1. The second-order valence-corrected chi connectivity index (χ2v) is 8.48. The van der Waals surface area contributed by atoms with Crippen LogP contribution in [0.25, 0.3) is 21.3 Å². The standard InChI is InChI=1S/C21H21N3O2S/c1-21(2)7-6-16(23-19(21)12-25)15-8-14(10-22-11-15)13-4-5-17-18(9-13)27-20(26)24(17)3/h4-5,8-11,16,23H,6-7H2,1-3H3/i3D3. The predicted molar refractivity (Wildman–Crippen MR) is 108 cm³/mol. The Morgan fingerprint density at radius 1 is 1.33 bits per heavy atom. The van der Waals surface area contributed by atoms with Gasteiger partial charge in [-0.2, -0.15) is 0 Å². The van der Waals surface area contributed by atoms with Gasteiger partial charge < -0.3 is 9.88 Å². The minimum absolute atomic E-state index is 0.0293. The highest BCUT2D eigenvalue weighted by atomic mass is 32.1. The molecule has 3 aromatic rings. The summed E-state index contributed by atoms with van der Waals surface area (Å²) in [6, 6.07) is 7.26. The summed E-state index contributed by atoms with van der Waals surface area (Å²) in [6.07, 6.45) is 5.24. The highest BCUT2D eigenvalue weighted by Crippen LogP contribution is 2.39. The van der Waals surface area contributed by atoms with Crippen LogP contribution in [0.15, 0.2) is 47.2 Å². The van der Waals surface area contributed by atoms with Crippen molar-refractivity contribution in [1.29, 1.82) is 0 Å². The van der Waals surface area contributed by atoms with Crippen molar-refractivity contribution in [2.24, 2.45) is 12.4 Å². The molecule has 0 radical (unpaired) electrons. The average molecular weight is 383 g/mol. The van der Waals surface area contributed by atoms with Gasteiger partial charge in [-0.3, -0.25) is 9.78 Å². The van der Waals surface area contributed by atoms with Gasteiger partial charge in [-0.25, -0.2) is 4.79 Å². The Bertz CT molecular complexity index is 1240. The molecule has 1 aromatic carbocycles. The van der Waals surface area contributed by atoms with Crippen molar-refractivity contribution >= 4 is 27.5 Å². The lowest BCUT2D eigenvalue weighted by Crippen LogP contribution is -2.36. The molecule has 1 aliphatic heterocycles. The van der Waals surface area contributed by atoms with Crippen LogP contribution in [0, 0.1) is 5.41 Å². The van der Waals surface area contributed by atoms with E-state index in [0.717, 1.165) is 45.4 Å². The molecule has 2 aromatic heterocycles. The molecule has 4 rings (SSSR count). The molecule has 6 heteroatoms. The highest BCUT2D eigenvalue weighted by molar-refractivity contribution is 7.16. The van der Waals surface area contributed by atoms with Gasteiger partial charge in [0.25, 0.3) is 0 Å². The number of thiazole rings is 1. The number of rotatable bonds is 2. The third kappa shape index (κ3) is 3.11. The second kappa shape index (κ2) is 6.48. The van der Waals surface area contributed by atoms with E-state index in [1.54, 1.807) is 24.5 Å². The molecule has 1 unspecified atom stereocenters. The molecule has 1 N–H and O–H groups in total. The zero-order valence-corrected chi connectivity index (χ0v) is 15.9. The molecular formula is C21H21N3O2S. The molecule has 0 bridgehead atoms. The van der Waals surface area contributed by atoms with E-state index in [1.807, 2.05) is 31.9 Å². The van der Waals surface area contributed by atoms with Crippen LogP contribution in [0.1, 0.15) is 42.4 Å². The van der Waals surface area contributed by atoms with Gasteiger partial charge >= 0.3 is 4.87 Å². The molecule has 3 heterocycles. The molecule has 0 saturated carbocycles. The van der Waals surface area contributed by atoms with Gasteiger partial charge in [-0.05, 0) is 42.2 Å². The van der Waals surface area contributed by atoms with Crippen molar-refractivity contribution in [3.63, 3.8) is 0 Å². The molecule has 0 amide bonds. The van der Waals surface area contributed by atoms with Crippen LogP contribution >= 0.6 is 11.3 Å². The van der Waals surface area contributed by atoms with Crippen molar-refractivity contribution in [2.45, 2.75) is 32.7 Å². The Morgan fingerprint density at radius 2 is 2.19 bits per heavy atom. The summed E-state index contributed by atoms with van der Waals surface area (Å²) in [5, 5.41) is 3.29. The lowest BCUT2D eigenvalue weighted by Gasteiger charge is -2.36. The van der Waals surface area contributed by atoms with Crippen molar-refractivity contribution < 1.29 is 8.91 Å². The van der Waals surface area contributed by atoms with Gasteiger partial charge in [0.2, 0.25) is 0 Å². The first-order valence-corrected chi connectivity index (χ1v) is 9.55. The zero-order chi connectivity index (χ0) is 21.7. The number of carbonyl (C=O) groups excluding carboxylic acids is 1. The van der Waals surface area contributed by atoms with Crippen LogP contribution in [-0.2, 0) is 11.8 Å². The summed E-state index contributed by atoms with van der Waals surface area (Å²) < 4.78 is 24.2. The first-order chi connectivity index (χ1) is 14.1. The zero-order valence-electron chi connectivity index (χ0n) is 18.1. The molecule has 1 aliphatic rings. The van der Waals surface area contributed by atoms with Crippen LogP contribution in [0.3, 0.4) is 0 Å². The van der Waals surface area contributed by atoms with Gasteiger partial charge in [-0.15, -0.1) is 0 Å². The Kier molecular flexibility index (Phi) is 3.45. The SMILES string of the molecule is [2H]C([2H])([2H])n1c(=O)sc2cc(-c3cncc(C4CCC(C)(C)C(=C=O)N4)c3)ccc21. The van der Waals surface area contributed by atoms with Crippen molar-refractivity contribution in [2.75, 3.05) is 0 Å². The van der Waals surface area contributed by atoms with Crippen LogP contribution in [0.2, 0.25) is 0 Å². The van der Waals surface area contributed by atoms with E-state index >= 15 is 0 Å². The molecule has 5 nitrogen and oxygen atoms in total. The number of hydrogen-bond acceptors (Lipinski definition) is 5. The Labute approximate surface area is 165 Å². The fourth-order valence-electron chi connectivity index (χ4n) is 3.49. The third-order valence-electron chi connectivity index (χ3n) is 5.23. The maximum Gasteiger partial charge on any atom is 0.307 e. The summed E-state index contributed by atoms with van der Waals surface area (Å²) in [7, 11) is 0. The molecule has 0 aliphatic carbocycles. The fourth-order valence-corrected chi connectivity index (χ4v) is 4.32. The maximum atomic E-state index is 12.2. The topological polar surface area (TPSA) is 64.0 Å². The van der Waals surface area contributed by atoms with E-state index in [0.29, 0.717) is 15.9 Å². The summed E-state index contributed by atoms with van der Waals surface area (Å²) in [5.74, 6) is 2.04. The van der Waals surface area contributed by atoms with E-state index < -0.39 is 11.8 Å². The molecule has 138 valence electrons. The number of hydrogen-bond donors (Lipinski definition) is 1. The summed E-state index contributed by atoms with van der Waals surface area (Å²) in [6.45, 7) is 1.54. The molecule has 0 spiro atoms. The average Bonchev–Trinajstić information content (AvgIpc) is 3.03. The van der Waals surface area contributed by atoms with Gasteiger partial charge in [-0.1, -0.05) is 31.3 Å². The van der Waals surface area contributed by atoms with E-state index in [-0.39, 0.29) is 11.5 Å². The number of aromatic nitrogens is 2. The summed E-state index contributed by atoms with van der Waals surface area (Å²) in [4.78, 5) is 27.4. The van der Waals surface area contributed by atoms with Crippen LogP contribution in [0.5, 0.6) is 0 Å². The number of piperidine rings is 1. The minimum atomic E-state index is -2.51. The molecule has 1 saturated heterocycles. The van der Waals surface area contributed by atoms with E-state index in [9.17, 15) is 9.59 Å². The monoisotopic (exact) mass is 382 g/mol. The number of pyridine rings is 1. The van der Waals surface area contributed by atoms with E-state index in [2.05, 4.69) is 10.3 Å². The largest absolute Gasteiger partial charge is 0.372 e. The van der Waals surface area contributed by atoms with Crippen molar-refractivity contribution in [3.05, 3.63) is 57.6 Å². The number of fused-ring (bicyclic) bond motifs is 1. The van der Waals surface area contributed by atoms with Gasteiger partial charge in [0.1, 0.15) is 11.6 Å². The molecule has 1 atom stereocenters. The number of aryl methyl sites for hydroxylation is 1. The van der Waals surface area contributed by atoms with Crippen molar-refractivity contribution in [3.8, 4) is 11.1 Å². The molecule has 27 heavy (non-hydrogen) atoms. The van der Waals surface area contributed by atoms with Gasteiger partial charge in [0.15, 0.2) is 0 Å². The van der Waals surface area contributed by atoms with E-state index in [4.69, 9.17) is 4.11 Å². The normalized spacial score (nSPS) is 21.0. The van der Waals surface area contributed by atoms with Crippen LogP contribution in [0.4, 0.5) is 0 Å². The maximum absolute atomic E-state index is 12.2. The molecular weight excluding hydrogens is 358 g/mol. The minimum Gasteiger partial charge on any atom is -0.372 e. The highest BCUT2D eigenvalue weighted by Gasteiger charge is 2.33. The Balaban J connectivity index is 1.70. The lowest BCUT2D eigenvalue weighted by atomic mass is 9.78. The number of allylic oxidation sites excluding steroid dienone is 1. The summed E-state index contributed by atoms with van der Waals surface area (Å²) in [5.41, 5.74) is 3.42. The Morgan fingerprint density at radius 3 is 2.96 bits per heavy atom.